The number of benzene rings is 1. The summed E-state index contributed by atoms with van der Waals surface area (Å²) in [5, 5.41) is 0.983. The predicted octanol–water partition coefficient (Wildman–Crippen LogP) is 3.25. The van der Waals surface area contributed by atoms with Crippen molar-refractivity contribution < 1.29 is 14.3 Å². The predicted molar refractivity (Wildman–Crippen MR) is 76.3 cm³/mol. The lowest BCUT2D eigenvalue weighted by Crippen LogP contribution is -2.25. The summed E-state index contributed by atoms with van der Waals surface area (Å²) in [6, 6.07) is 5.59. The van der Waals surface area contributed by atoms with E-state index in [4.69, 9.17) is 4.74 Å². The standard InChI is InChI=1S/C14H14BrNO3/c1-8-6-7-16-10-4-5-11(13(15)12(8)10)19-9(2)14(17)18-3/h4-7,9H,1-3H3. The van der Waals surface area contributed by atoms with E-state index in [0.717, 1.165) is 20.9 Å². The number of fused-ring (bicyclic) bond motifs is 1. The molecule has 1 aromatic carbocycles. The Kier molecular flexibility index (Phi) is 4.04. The zero-order valence-corrected chi connectivity index (χ0v) is 12.5. The highest BCUT2D eigenvalue weighted by molar-refractivity contribution is 9.10. The Bertz CT molecular complexity index is 627. The van der Waals surface area contributed by atoms with Crippen molar-refractivity contribution in [3.63, 3.8) is 0 Å². The lowest BCUT2D eigenvalue weighted by atomic mass is 10.1. The fourth-order valence-electron chi connectivity index (χ4n) is 1.84. The molecule has 0 aliphatic heterocycles. The molecule has 0 fully saturated rings. The number of hydrogen-bond donors (Lipinski definition) is 0. The Morgan fingerprint density at radius 2 is 2.11 bits per heavy atom. The van der Waals surface area contributed by atoms with Crippen LogP contribution in [-0.2, 0) is 9.53 Å². The zero-order chi connectivity index (χ0) is 14.0. The number of methoxy groups -OCH3 is 1. The summed E-state index contributed by atoms with van der Waals surface area (Å²) in [7, 11) is 1.34. The molecule has 2 aromatic rings. The van der Waals surface area contributed by atoms with E-state index in [1.807, 2.05) is 19.1 Å². The van der Waals surface area contributed by atoms with Crippen LogP contribution >= 0.6 is 15.9 Å². The Morgan fingerprint density at radius 1 is 1.37 bits per heavy atom. The molecule has 19 heavy (non-hydrogen) atoms. The lowest BCUT2D eigenvalue weighted by Gasteiger charge is -2.15. The third kappa shape index (κ3) is 2.71. The molecule has 1 heterocycles. The first kappa shape index (κ1) is 13.8. The van der Waals surface area contributed by atoms with E-state index in [0.29, 0.717) is 5.75 Å². The van der Waals surface area contributed by atoms with Gasteiger partial charge in [-0.2, -0.15) is 0 Å². The number of esters is 1. The Hall–Kier alpha value is -1.62. The van der Waals surface area contributed by atoms with Gasteiger partial charge in [-0.15, -0.1) is 0 Å². The topological polar surface area (TPSA) is 48.4 Å². The van der Waals surface area contributed by atoms with E-state index in [1.54, 1.807) is 19.2 Å². The number of ether oxygens (including phenoxy) is 2. The number of carbonyl (C=O) groups is 1. The average molecular weight is 324 g/mol. The summed E-state index contributed by atoms with van der Waals surface area (Å²) in [6.07, 6.45) is 1.11. The molecule has 0 saturated carbocycles. The molecule has 1 atom stereocenters. The molecule has 0 radical (unpaired) electrons. The molecule has 0 amide bonds. The summed E-state index contributed by atoms with van der Waals surface area (Å²) in [5.41, 5.74) is 1.97. The molecule has 0 aliphatic rings. The van der Waals surface area contributed by atoms with Crippen LogP contribution in [-0.4, -0.2) is 24.2 Å². The number of halogens is 1. The van der Waals surface area contributed by atoms with Gasteiger partial charge in [-0.05, 0) is 53.5 Å². The summed E-state index contributed by atoms with van der Waals surface area (Å²) >= 11 is 3.52. The molecular weight excluding hydrogens is 310 g/mol. The molecule has 1 unspecified atom stereocenters. The van der Waals surface area contributed by atoms with E-state index in [2.05, 4.69) is 25.7 Å². The minimum absolute atomic E-state index is 0.407. The fraction of sp³-hybridized carbons (Fsp3) is 0.286. The third-order valence-corrected chi connectivity index (χ3v) is 3.64. The first-order valence-electron chi connectivity index (χ1n) is 5.83. The van der Waals surface area contributed by atoms with Gasteiger partial charge in [0, 0.05) is 11.6 Å². The second-order valence-electron chi connectivity index (χ2n) is 4.18. The number of aromatic nitrogens is 1. The first-order valence-corrected chi connectivity index (χ1v) is 6.62. The monoisotopic (exact) mass is 323 g/mol. The molecular formula is C14H14BrNO3. The SMILES string of the molecule is COC(=O)C(C)Oc1ccc2nccc(C)c2c1Br. The summed E-state index contributed by atoms with van der Waals surface area (Å²) in [5.74, 6) is 0.191. The molecule has 0 saturated heterocycles. The number of hydrogen-bond acceptors (Lipinski definition) is 4. The minimum Gasteiger partial charge on any atom is -0.478 e. The van der Waals surface area contributed by atoms with Gasteiger partial charge in [-0.3, -0.25) is 4.98 Å². The van der Waals surface area contributed by atoms with Crippen molar-refractivity contribution in [2.75, 3.05) is 7.11 Å². The van der Waals surface area contributed by atoms with Crippen LogP contribution in [0.2, 0.25) is 0 Å². The Morgan fingerprint density at radius 3 is 2.79 bits per heavy atom. The highest BCUT2D eigenvalue weighted by Crippen LogP contribution is 2.34. The summed E-state index contributed by atoms with van der Waals surface area (Å²) in [4.78, 5) is 15.7. The molecule has 4 nitrogen and oxygen atoms in total. The van der Waals surface area contributed by atoms with Crippen LogP contribution in [0.4, 0.5) is 0 Å². The zero-order valence-electron chi connectivity index (χ0n) is 10.9. The summed E-state index contributed by atoms with van der Waals surface area (Å²) < 4.78 is 11.1. The van der Waals surface area contributed by atoms with Gasteiger partial charge in [-0.1, -0.05) is 0 Å². The van der Waals surface area contributed by atoms with Crippen molar-refractivity contribution in [2.45, 2.75) is 20.0 Å². The minimum atomic E-state index is -0.657. The quantitative estimate of drug-likeness (QED) is 0.813. The van der Waals surface area contributed by atoms with Crippen molar-refractivity contribution >= 4 is 32.8 Å². The lowest BCUT2D eigenvalue weighted by molar-refractivity contribution is -0.147. The molecule has 0 bridgehead atoms. The van der Waals surface area contributed by atoms with Gasteiger partial charge in [0.15, 0.2) is 6.10 Å². The number of aryl methyl sites for hydroxylation is 1. The van der Waals surface area contributed by atoms with Crippen LogP contribution in [0.1, 0.15) is 12.5 Å². The van der Waals surface area contributed by atoms with Crippen molar-refractivity contribution in [1.29, 1.82) is 0 Å². The number of pyridine rings is 1. The molecule has 0 spiro atoms. The van der Waals surface area contributed by atoms with Gasteiger partial charge < -0.3 is 9.47 Å². The van der Waals surface area contributed by atoms with Crippen LogP contribution < -0.4 is 4.74 Å². The van der Waals surface area contributed by atoms with E-state index < -0.39 is 12.1 Å². The molecule has 0 aliphatic carbocycles. The van der Waals surface area contributed by atoms with Crippen LogP contribution in [0.15, 0.2) is 28.9 Å². The normalized spacial score (nSPS) is 12.2. The van der Waals surface area contributed by atoms with Gasteiger partial charge >= 0.3 is 5.97 Å². The van der Waals surface area contributed by atoms with Gasteiger partial charge in [0.05, 0.1) is 17.1 Å². The number of nitrogens with zero attached hydrogens (tertiary/aromatic N) is 1. The maximum Gasteiger partial charge on any atom is 0.346 e. The van der Waals surface area contributed by atoms with E-state index in [1.165, 1.54) is 7.11 Å². The smallest absolute Gasteiger partial charge is 0.346 e. The second-order valence-corrected chi connectivity index (χ2v) is 4.98. The van der Waals surface area contributed by atoms with Crippen LogP contribution in [0.5, 0.6) is 5.75 Å². The first-order chi connectivity index (χ1) is 9.04. The maximum atomic E-state index is 11.4. The fourth-order valence-corrected chi connectivity index (χ4v) is 2.58. The van der Waals surface area contributed by atoms with Gasteiger partial charge in [0.1, 0.15) is 5.75 Å². The summed E-state index contributed by atoms with van der Waals surface area (Å²) in [6.45, 7) is 3.65. The van der Waals surface area contributed by atoms with Gasteiger partial charge in [0.25, 0.3) is 0 Å². The molecule has 2 rings (SSSR count). The molecule has 5 heteroatoms. The Labute approximate surface area is 119 Å². The molecule has 1 aromatic heterocycles. The van der Waals surface area contributed by atoms with Crippen LogP contribution in [0.25, 0.3) is 10.9 Å². The second kappa shape index (κ2) is 5.57. The van der Waals surface area contributed by atoms with Gasteiger partial charge in [-0.25, -0.2) is 4.79 Å². The van der Waals surface area contributed by atoms with E-state index in [9.17, 15) is 4.79 Å². The molecule has 0 N–H and O–H groups in total. The van der Waals surface area contributed by atoms with Crippen molar-refractivity contribution in [2.24, 2.45) is 0 Å². The largest absolute Gasteiger partial charge is 0.478 e. The van der Waals surface area contributed by atoms with E-state index >= 15 is 0 Å². The van der Waals surface area contributed by atoms with Gasteiger partial charge in [0.2, 0.25) is 0 Å². The van der Waals surface area contributed by atoms with Crippen molar-refractivity contribution in [1.82, 2.24) is 4.98 Å². The number of rotatable bonds is 3. The molecule has 100 valence electrons. The van der Waals surface area contributed by atoms with Crippen molar-refractivity contribution in [3.8, 4) is 5.75 Å². The average Bonchev–Trinajstić information content (AvgIpc) is 2.41. The van der Waals surface area contributed by atoms with Crippen LogP contribution in [0.3, 0.4) is 0 Å². The highest BCUT2D eigenvalue weighted by Gasteiger charge is 2.17. The Balaban J connectivity index is 2.43. The maximum absolute atomic E-state index is 11.4. The number of carbonyl (C=O) groups excluding carboxylic acids is 1. The highest BCUT2D eigenvalue weighted by atomic mass is 79.9. The van der Waals surface area contributed by atoms with E-state index in [-0.39, 0.29) is 0 Å². The third-order valence-electron chi connectivity index (χ3n) is 2.85. The van der Waals surface area contributed by atoms with Crippen molar-refractivity contribution in [3.05, 3.63) is 34.4 Å². The van der Waals surface area contributed by atoms with Crippen LogP contribution in [0, 0.1) is 6.92 Å².